The van der Waals surface area contributed by atoms with E-state index in [4.69, 9.17) is 9.47 Å². The van der Waals surface area contributed by atoms with Crippen LogP contribution in [0.2, 0.25) is 0 Å². The predicted octanol–water partition coefficient (Wildman–Crippen LogP) is 4.68. The topological polar surface area (TPSA) is 72.9 Å². The van der Waals surface area contributed by atoms with Crippen LogP contribution < -0.4 is 4.90 Å². The summed E-state index contributed by atoms with van der Waals surface area (Å²) in [6, 6.07) is 15.7. The molecule has 0 aliphatic heterocycles. The number of benzene rings is 2. The molecule has 6 heteroatoms. The summed E-state index contributed by atoms with van der Waals surface area (Å²) in [6.07, 6.45) is 1.57. The van der Waals surface area contributed by atoms with Gasteiger partial charge in [0.25, 0.3) is 0 Å². The van der Waals surface area contributed by atoms with Crippen molar-refractivity contribution in [3.8, 4) is 0 Å². The highest BCUT2D eigenvalue weighted by Crippen LogP contribution is 2.24. The first-order valence-corrected chi connectivity index (χ1v) is 10.4. The van der Waals surface area contributed by atoms with Crippen molar-refractivity contribution < 1.29 is 23.9 Å². The second-order valence-electron chi connectivity index (χ2n) is 8.51. The van der Waals surface area contributed by atoms with Gasteiger partial charge in [-0.2, -0.15) is 0 Å². The molecular formula is C25H31NO5. The van der Waals surface area contributed by atoms with Crippen molar-refractivity contribution in [1.82, 2.24) is 0 Å². The quantitative estimate of drug-likeness (QED) is 0.313. The Morgan fingerprint density at radius 1 is 1.03 bits per heavy atom. The summed E-state index contributed by atoms with van der Waals surface area (Å²) >= 11 is 0. The van der Waals surface area contributed by atoms with Gasteiger partial charge in [-0.25, -0.2) is 0 Å². The Balaban J connectivity index is 1.97. The predicted molar refractivity (Wildman–Crippen MR) is 120 cm³/mol. The van der Waals surface area contributed by atoms with Gasteiger partial charge in [0.15, 0.2) is 6.29 Å². The van der Waals surface area contributed by atoms with Crippen LogP contribution in [0, 0.1) is 12.3 Å². The summed E-state index contributed by atoms with van der Waals surface area (Å²) in [5, 5.41) is 0. The Bertz CT molecular complexity index is 887. The number of hydrogen-bond acceptors (Lipinski definition) is 6. The smallest absolute Gasteiger partial charge is 0.314 e. The van der Waals surface area contributed by atoms with Crippen LogP contribution in [0.15, 0.2) is 48.5 Å². The van der Waals surface area contributed by atoms with Crippen molar-refractivity contribution in [2.45, 2.75) is 47.1 Å². The van der Waals surface area contributed by atoms with Gasteiger partial charge in [-0.05, 0) is 57.4 Å². The van der Waals surface area contributed by atoms with Crippen LogP contribution in [0.3, 0.4) is 0 Å². The van der Waals surface area contributed by atoms with Gasteiger partial charge in [-0.15, -0.1) is 0 Å². The molecule has 31 heavy (non-hydrogen) atoms. The minimum absolute atomic E-state index is 0.181. The molecule has 0 fully saturated rings. The molecule has 0 saturated heterocycles. The minimum Gasteiger partial charge on any atom is -0.428 e. The normalized spacial score (nSPS) is 11.0. The van der Waals surface area contributed by atoms with Crippen LogP contribution >= 0.6 is 0 Å². The number of aldehydes is 1. The summed E-state index contributed by atoms with van der Waals surface area (Å²) in [5.41, 5.74) is 2.97. The first-order valence-electron chi connectivity index (χ1n) is 10.4. The Labute approximate surface area is 184 Å². The lowest BCUT2D eigenvalue weighted by atomic mass is 9.98. The van der Waals surface area contributed by atoms with Crippen LogP contribution in [0.4, 0.5) is 5.69 Å². The van der Waals surface area contributed by atoms with E-state index in [1.54, 1.807) is 20.8 Å². The highest BCUT2D eigenvalue weighted by molar-refractivity contribution is 5.85. The number of esters is 2. The van der Waals surface area contributed by atoms with E-state index < -0.39 is 17.4 Å². The maximum Gasteiger partial charge on any atom is 0.314 e. The summed E-state index contributed by atoms with van der Waals surface area (Å²) in [5.74, 6) is -0.851. The molecule has 0 bridgehead atoms. The lowest BCUT2D eigenvalue weighted by Crippen LogP contribution is -2.26. The van der Waals surface area contributed by atoms with Gasteiger partial charge in [0.2, 0.25) is 6.79 Å². The van der Waals surface area contributed by atoms with Crippen LogP contribution in [-0.2, 0) is 25.6 Å². The second kappa shape index (κ2) is 11.3. The van der Waals surface area contributed by atoms with Gasteiger partial charge in [-0.1, -0.05) is 36.4 Å². The third-order valence-corrected chi connectivity index (χ3v) is 4.70. The van der Waals surface area contributed by atoms with Crippen molar-refractivity contribution in [1.29, 1.82) is 0 Å². The summed E-state index contributed by atoms with van der Waals surface area (Å²) < 4.78 is 9.99. The molecule has 0 atom stereocenters. The van der Waals surface area contributed by atoms with E-state index in [2.05, 4.69) is 4.90 Å². The summed E-state index contributed by atoms with van der Waals surface area (Å²) in [7, 11) is 0. The van der Waals surface area contributed by atoms with E-state index in [1.807, 2.05) is 55.5 Å². The SMILES string of the molecule is Cc1ccc(C=O)c(N(CCCC(=O)OCOC(=O)C(C)(C)C)Cc2ccccc2)c1. The Morgan fingerprint density at radius 2 is 1.74 bits per heavy atom. The molecule has 0 amide bonds. The highest BCUT2D eigenvalue weighted by atomic mass is 16.7. The molecule has 0 aromatic heterocycles. The highest BCUT2D eigenvalue weighted by Gasteiger charge is 2.23. The van der Waals surface area contributed by atoms with E-state index in [1.165, 1.54) is 0 Å². The molecule has 0 aliphatic carbocycles. The average Bonchev–Trinajstić information content (AvgIpc) is 2.73. The van der Waals surface area contributed by atoms with E-state index in [-0.39, 0.29) is 13.2 Å². The maximum absolute atomic E-state index is 12.0. The van der Waals surface area contributed by atoms with Gasteiger partial charge in [0.05, 0.1) is 5.41 Å². The fourth-order valence-electron chi connectivity index (χ4n) is 2.97. The monoisotopic (exact) mass is 425 g/mol. The molecule has 0 N–H and O–H groups in total. The molecule has 0 aliphatic rings. The molecule has 2 aromatic rings. The molecule has 6 nitrogen and oxygen atoms in total. The molecule has 0 heterocycles. The Morgan fingerprint density at radius 3 is 2.39 bits per heavy atom. The van der Waals surface area contributed by atoms with Crippen molar-refractivity contribution in [3.05, 3.63) is 65.2 Å². The van der Waals surface area contributed by atoms with Crippen molar-refractivity contribution >= 4 is 23.9 Å². The van der Waals surface area contributed by atoms with E-state index in [0.29, 0.717) is 25.1 Å². The zero-order valence-electron chi connectivity index (χ0n) is 18.7. The lowest BCUT2D eigenvalue weighted by Gasteiger charge is -2.26. The van der Waals surface area contributed by atoms with Gasteiger partial charge >= 0.3 is 11.9 Å². The van der Waals surface area contributed by atoms with E-state index >= 15 is 0 Å². The van der Waals surface area contributed by atoms with Crippen LogP contribution in [0.25, 0.3) is 0 Å². The van der Waals surface area contributed by atoms with Gasteiger partial charge in [0, 0.05) is 30.8 Å². The van der Waals surface area contributed by atoms with Crippen LogP contribution in [0.5, 0.6) is 0 Å². The number of anilines is 1. The molecule has 2 aromatic carbocycles. The number of aryl methyl sites for hydroxylation is 1. The number of hydrogen-bond donors (Lipinski definition) is 0. The molecule has 166 valence electrons. The second-order valence-corrected chi connectivity index (χ2v) is 8.51. The lowest BCUT2D eigenvalue weighted by molar-refractivity contribution is -0.173. The number of carbonyl (C=O) groups excluding carboxylic acids is 3. The van der Waals surface area contributed by atoms with Crippen LogP contribution in [-0.4, -0.2) is 31.6 Å². The molecule has 0 spiro atoms. The molecular weight excluding hydrogens is 394 g/mol. The third-order valence-electron chi connectivity index (χ3n) is 4.70. The standard InChI is InChI=1S/C25H31NO5/c1-19-12-13-21(17-27)22(15-19)26(16-20-9-6-5-7-10-20)14-8-11-23(28)30-18-31-24(29)25(2,3)4/h5-7,9-10,12-13,15,17H,8,11,14,16,18H2,1-4H3. The fourth-order valence-corrected chi connectivity index (χ4v) is 2.97. The number of ether oxygens (including phenoxy) is 2. The van der Waals surface area contributed by atoms with Crippen molar-refractivity contribution in [3.63, 3.8) is 0 Å². The molecule has 2 rings (SSSR count). The third kappa shape index (κ3) is 7.89. The van der Waals surface area contributed by atoms with Crippen molar-refractivity contribution in [2.24, 2.45) is 5.41 Å². The molecule has 0 saturated carbocycles. The number of carbonyl (C=O) groups is 3. The Kier molecular flexibility index (Phi) is 8.79. The van der Waals surface area contributed by atoms with Crippen LogP contribution in [0.1, 0.15) is 55.1 Å². The zero-order valence-corrected chi connectivity index (χ0v) is 18.7. The summed E-state index contributed by atoms with van der Waals surface area (Å²) in [4.78, 5) is 37.4. The van der Waals surface area contributed by atoms with Crippen molar-refractivity contribution in [2.75, 3.05) is 18.2 Å². The molecule has 0 unspecified atom stereocenters. The first-order chi connectivity index (χ1) is 14.7. The first kappa shape index (κ1) is 24.1. The number of nitrogens with zero attached hydrogens (tertiary/aromatic N) is 1. The van der Waals surface area contributed by atoms with Gasteiger partial charge < -0.3 is 14.4 Å². The summed E-state index contributed by atoms with van der Waals surface area (Å²) in [6.45, 7) is 7.98. The molecule has 0 radical (unpaired) electrons. The average molecular weight is 426 g/mol. The fraction of sp³-hybridized carbons (Fsp3) is 0.400. The van der Waals surface area contributed by atoms with E-state index in [9.17, 15) is 14.4 Å². The van der Waals surface area contributed by atoms with Gasteiger partial charge in [0.1, 0.15) is 0 Å². The zero-order chi connectivity index (χ0) is 22.9. The van der Waals surface area contributed by atoms with Gasteiger partial charge in [-0.3, -0.25) is 14.4 Å². The largest absolute Gasteiger partial charge is 0.428 e. The Hall–Kier alpha value is -3.15. The number of rotatable bonds is 10. The maximum atomic E-state index is 12.0. The van der Waals surface area contributed by atoms with E-state index in [0.717, 1.165) is 23.1 Å². The minimum atomic E-state index is -0.644.